The summed E-state index contributed by atoms with van der Waals surface area (Å²) in [6.07, 6.45) is 3.76. The van der Waals surface area contributed by atoms with Gasteiger partial charge in [0.05, 0.1) is 6.54 Å². The van der Waals surface area contributed by atoms with Gasteiger partial charge in [0.25, 0.3) is 5.91 Å². The first-order valence-corrected chi connectivity index (χ1v) is 7.77. The van der Waals surface area contributed by atoms with E-state index in [0.717, 1.165) is 36.6 Å². The van der Waals surface area contributed by atoms with E-state index >= 15 is 0 Å². The van der Waals surface area contributed by atoms with Crippen molar-refractivity contribution in [2.24, 2.45) is 0 Å². The number of aromatic nitrogens is 1. The smallest absolute Gasteiger partial charge is 0.277 e. The lowest BCUT2D eigenvalue weighted by Gasteiger charge is -2.24. The first-order chi connectivity index (χ1) is 10.7. The molecule has 0 saturated carbocycles. The highest BCUT2D eigenvalue weighted by molar-refractivity contribution is 6.02. The minimum absolute atomic E-state index is 0.238. The Morgan fingerprint density at radius 3 is 2.68 bits per heavy atom. The third-order valence-corrected chi connectivity index (χ3v) is 3.93. The van der Waals surface area contributed by atoms with Crippen LogP contribution in [0.5, 0.6) is 0 Å². The molecule has 22 heavy (non-hydrogen) atoms. The Balaban J connectivity index is 1.60. The zero-order valence-electron chi connectivity index (χ0n) is 12.8. The number of rotatable bonds is 4. The largest absolute Gasteiger partial charge is 0.359 e. The molecule has 5 heteroatoms. The Bertz CT molecular complexity index is 628. The SMILES string of the molecule is Cc1ccc(NC(=O)c2cc(CN3CCCCC3)on2)cc1. The van der Waals surface area contributed by atoms with Gasteiger partial charge in [-0.15, -0.1) is 0 Å². The van der Waals surface area contributed by atoms with Gasteiger partial charge in [0.2, 0.25) is 0 Å². The lowest BCUT2D eigenvalue weighted by Crippen LogP contribution is -2.28. The lowest BCUT2D eigenvalue weighted by atomic mass is 10.1. The van der Waals surface area contributed by atoms with Crippen LogP contribution in [0.1, 0.15) is 41.1 Å². The summed E-state index contributed by atoms with van der Waals surface area (Å²) in [6.45, 7) is 4.91. The molecule has 2 heterocycles. The van der Waals surface area contributed by atoms with Crippen molar-refractivity contribution in [1.29, 1.82) is 0 Å². The van der Waals surface area contributed by atoms with Crippen molar-refractivity contribution in [2.45, 2.75) is 32.7 Å². The van der Waals surface area contributed by atoms with Gasteiger partial charge >= 0.3 is 0 Å². The normalized spacial score (nSPS) is 15.7. The molecule has 1 aromatic carbocycles. The number of hydrogen-bond acceptors (Lipinski definition) is 4. The maximum atomic E-state index is 12.2. The predicted molar refractivity (Wildman–Crippen MR) is 84.8 cm³/mol. The second-order valence-electron chi connectivity index (χ2n) is 5.84. The summed E-state index contributed by atoms with van der Waals surface area (Å²) in [5.41, 5.74) is 2.24. The van der Waals surface area contributed by atoms with E-state index in [1.807, 2.05) is 31.2 Å². The molecule has 0 radical (unpaired) electrons. The summed E-state index contributed by atoms with van der Waals surface area (Å²) in [4.78, 5) is 14.5. The maximum Gasteiger partial charge on any atom is 0.277 e. The molecular formula is C17H21N3O2. The minimum atomic E-state index is -0.238. The molecule has 1 saturated heterocycles. The van der Waals surface area contributed by atoms with E-state index in [4.69, 9.17) is 4.52 Å². The molecule has 3 rings (SSSR count). The van der Waals surface area contributed by atoms with Crippen molar-refractivity contribution < 1.29 is 9.32 Å². The first-order valence-electron chi connectivity index (χ1n) is 7.77. The molecule has 1 aliphatic rings. The zero-order chi connectivity index (χ0) is 15.4. The van der Waals surface area contributed by atoms with E-state index < -0.39 is 0 Å². The van der Waals surface area contributed by atoms with E-state index in [2.05, 4.69) is 15.4 Å². The van der Waals surface area contributed by atoms with Crippen LogP contribution in [-0.2, 0) is 6.54 Å². The second kappa shape index (κ2) is 6.75. The number of amides is 1. The van der Waals surface area contributed by atoms with Crippen molar-refractivity contribution in [3.63, 3.8) is 0 Å². The quantitative estimate of drug-likeness (QED) is 0.941. The van der Waals surface area contributed by atoms with Crippen LogP contribution in [0.2, 0.25) is 0 Å². The van der Waals surface area contributed by atoms with Gasteiger partial charge in [-0.25, -0.2) is 0 Å². The van der Waals surface area contributed by atoms with Gasteiger partial charge in [-0.1, -0.05) is 29.3 Å². The number of hydrogen-bond donors (Lipinski definition) is 1. The van der Waals surface area contributed by atoms with E-state index in [1.165, 1.54) is 19.3 Å². The number of carbonyl (C=O) groups is 1. The van der Waals surface area contributed by atoms with Crippen molar-refractivity contribution in [2.75, 3.05) is 18.4 Å². The summed E-state index contributed by atoms with van der Waals surface area (Å²) >= 11 is 0. The number of anilines is 1. The van der Waals surface area contributed by atoms with Gasteiger partial charge < -0.3 is 9.84 Å². The summed E-state index contributed by atoms with van der Waals surface area (Å²) in [7, 11) is 0. The highest BCUT2D eigenvalue weighted by Gasteiger charge is 2.16. The van der Waals surface area contributed by atoms with Crippen molar-refractivity contribution in [1.82, 2.24) is 10.1 Å². The van der Waals surface area contributed by atoms with Gasteiger partial charge in [-0.2, -0.15) is 0 Å². The third-order valence-electron chi connectivity index (χ3n) is 3.93. The van der Waals surface area contributed by atoms with Gasteiger partial charge in [-0.05, 0) is 45.0 Å². The summed E-state index contributed by atoms with van der Waals surface area (Å²) in [6, 6.07) is 9.41. The third kappa shape index (κ3) is 3.74. The average molecular weight is 299 g/mol. The van der Waals surface area contributed by atoms with Crippen LogP contribution in [0, 0.1) is 6.92 Å². The molecule has 1 aliphatic heterocycles. The van der Waals surface area contributed by atoms with Crippen molar-refractivity contribution >= 4 is 11.6 Å². The Morgan fingerprint density at radius 1 is 1.23 bits per heavy atom. The fourth-order valence-electron chi connectivity index (χ4n) is 2.66. The molecule has 0 spiro atoms. The molecule has 1 amide bonds. The first kappa shape index (κ1) is 14.8. The summed E-state index contributed by atoms with van der Waals surface area (Å²) < 4.78 is 5.29. The van der Waals surface area contributed by atoms with Crippen LogP contribution < -0.4 is 5.32 Å². The Labute approximate surface area is 130 Å². The van der Waals surface area contributed by atoms with Crippen LogP contribution in [0.4, 0.5) is 5.69 Å². The van der Waals surface area contributed by atoms with Gasteiger partial charge in [0.1, 0.15) is 0 Å². The number of nitrogens with zero attached hydrogens (tertiary/aromatic N) is 2. The van der Waals surface area contributed by atoms with Crippen molar-refractivity contribution in [3.8, 4) is 0 Å². The zero-order valence-corrected chi connectivity index (χ0v) is 12.8. The van der Waals surface area contributed by atoms with Gasteiger partial charge in [0, 0.05) is 11.8 Å². The number of benzene rings is 1. The van der Waals surface area contributed by atoms with E-state index in [1.54, 1.807) is 6.07 Å². The van der Waals surface area contributed by atoms with Gasteiger partial charge in [-0.3, -0.25) is 9.69 Å². The van der Waals surface area contributed by atoms with Crippen LogP contribution in [0.15, 0.2) is 34.9 Å². The van der Waals surface area contributed by atoms with Crippen LogP contribution >= 0.6 is 0 Å². The number of likely N-dealkylation sites (tertiary alicyclic amines) is 1. The van der Waals surface area contributed by atoms with Crippen molar-refractivity contribution in [3.05, 3.63) is 47.3 Å². The fraction of sp³-hybridized carbons (Fsp3) is 0.412. The van der Waals surface area contributed by atoms with E-state index in [0.29, 0.717) is 5.69 Å². The Hall–Kier alpha value is -2.14. The number of piperidine rings is 1. The Kier molecular flexibility index (Phi) is 4.53. The standard InChI is InChI=1S/C17H21N3O2/c1-13-5-7-14(8-6-13)18-17(21)16-11-15(22-19-16)12-20-9-3-2-4-10-20/h5-8,11H,2-4,9-10,12H2,1H3,(H,18,21). The highest BCUT2D eigenvalue weighted by atomic mass is 16.5. The average Bonchev–Trinajstić information content (AvgIpc) is 2.99. The van der Waals surface area contributed by atoms with E-state index in [-0.39, 0.29) is 5.91 Å². The minimum Gasteiger partial charge on any atom is -0.359 e. The lowest BCUT2D eigenvalue weighted by molar-refractivity contribution is 0.101. The Morgan fingerprint density at radius 2 is 1.95 bits per heavy atom. The molecule has 1 fully saturated rings. The summed E-state index contributed by atoms with van der Waals surface area (Å²) in [5, 5.41) is 6.71. The molecule has 1 aromatic heterocycles. The topological polar surface area (TPSA) is 58.4 Å². The molecule has 1 N–H and O–H groups in total. The monoisotopic (exact) mass is 299 g/mol. The maximum absolute atomic E-state index is 12.2. The molecule has 0 bridgehead atoms. The molecule has 0 atom stereocenters. The molecule has 2 aromatic rings. The molecule has 0 aliphatic carbocycles. The highest BCUT2D eigenvalue weighted by Crippen LogP contribution is 2.15. The van der Waals surface area contributed by atoms with E-state index in [9.17, 15) is 4.79 Å². The second-order valence-corrected chi connectivity index (χ2v) is 5.84. The van der Waals surface area contributed by atoms with Crippen LogP contribution in [0.3, 0.4) is 0 Å². The predicted octanol–water partition coefficient (Wildman–Crippen LogP) is 3.22. The number of aryl methyl sites for hydroxylation is 1. The van der Waals surface area contributed by atoms with Gasteiger partial charge in [0.15, 0.2) is 11.5 Å². The fourth-order valence-corrected chi connectivity index (χ4v) is 2.66. The molecule has 116 valence electrons. The molecular weight excluding hydrogens is 278 g/mol. The van der Waals surface area contributed by atoms with Crippen LogP contribution in [0.25, 0.3) is 0 Å². The number of carbonyl (C=O) groups excluding carboxylic acids is 1. The molecule has 0 unspecified atom stereocenters. The molecule has 5 nitrogen and oxygen atoms in total. The van der Waals surface area contributed by atoms with Crippen LogP contribution in [-0.4, -0.2) is 29.1 Å². The summed E-state index contributed by atoms with van der Waals surface area (Å²) in [5.74, 6) is 0.508. The number of nitrogens with one attached hydrogen (secondary N) is 1.